The molecule has 1 N–H and O–H groups in total. The molecule has 0 heterocycles. The Kier molecular flexibility index (Phi) is 4.09. The Morgan fingerprint density at radius 3 is 2.53 bits per heavy atom. The molecule has 0 fully saturated rings. The summed E-state index contributed by atoms with van der Waals surface area (Å²) in [6.45, 7) is 1.34. The Balaban J connectivity index is 3.43. The van der Waals surface area contributed by atoms with Crippen molar-refractivity contribution in [2.75, 3.05) is 0 Å². The molecule has 0 aliphatic heterocycles. The number of nitro groups is 1. The van der Waals surface area contributed by atoms with Gasteiger partial charge in [0.25, 0.3) is 5.69 Å². The Bertz CT molecular complexity index is 525. The first-order chi connectivity index (χ1) is 7.84. The maximum Gasteiger partial charge on any atom is 0.331 e. The predicted octanol–water partition coefficient (Wildman–Crippen LogP) is 3.39. The SMILES string of the molecule is CC(=Cc1c(Cl)ccc([N+](=O)[O-])c1Cl)C(=O)O. The van der Waals surface area contributed by atoms with Gasteiger partial charge in [-0.25, -0.2) is 4.79 Å². The molecule has 0 atom stereocenters. The Morgan fingerprint density at radius 1 is 1.47 bits per heavy atom. The van der Waals surface area contributed by atoms with Crippen LogP contribution in [-0.2, 0) is 4.79 Å². The molecule has 1 aromatic carbocycles. The largest absolute Gasteiger partial charge is 0.478 e. The summed E-state index contributed by atoms with van der Waals surface area (Å²) in [7, 11) is 0. The van der Waals surface area contributed by atoms with Crippen molar-refractivity contribution in [2.24, 2.45) is 0 Å². The third-order valence-corrected chi connectivity index (χ3v) is 2.73. The average Bonchev–Trinajstić information content (AvgIpc) is 2.22. The lowest BCUT2D eigenvalue weighted by molar-refractivity contribution is -0.384. The third-order valence-electron chi connectivity index (χ3n) is 2.00. The molecule has 5 nitrogen and oxygen atoms in total. The highest BCUT2D eigenvalue weighted by Crippen LogP contribution is 2.34. The zero-order valence-corrected chi connectivity index (χ0v) is 10.1. The van der Waals surface area contributed by atoms with Gasteiger partial charge in [0.2, 0.25) is 0 Å². The molecule has 90 valence electrons. The third kappa shape index (κ3) is 2.95. The second-order valence-electron chi connectivity index (χ2n) is 3.18. The fraction of sp³-hybridized carbons (Fsp3) is 0.100. The first kappa shape index (κ1) is 13.5. The summed E-state index contributed by atoms with van der Waals surface area (Å²) >= 11 is 11.6. The number of nitrogens with zero attached hydrogens (tertiary/aromatic N) is 1. The molecule has 0 aliphatic carbocycles. The highest BCUT2D eigenvalue weighted by atomic mass is 35.5. The van der Waals surface area contributed by atoms with E-state index in [2.05, 4.69) is 0 Å². The van der Waals surface area contributed by atoms with Gasteiger partial charge in [0.15, 0.2) is 0 Å². The highest BCUT2D eigenvalue weighted by molar-refractivity contribution is 6.38. The summed E-state index contributed by atoms with van der Waals surface area (Å²) in [6.07, 6.45) is 1.19. The minimum absolute atomic E-state index is 0.0192. The molecule has 17 heavy (non-hydrogen) atoms. The number of aliphatic carboxylic acids is 1. The summed E-state index contributed by atoms with van der Waals surface area (Å²) in [5.41, 5.74) is -0.211. The van der Waals surface area contributed by atoms with Gasteiger partial charge in [-0.1, -0.05) is 23.2 Å². The topological polar surface area (TPSA) is 80.4 Å². The van der Waals surface area contributed by atoms with Crippen LogP contribution < -0.4 is 0 Å². The first-order valence-corrected chi connectivity index (χ1v) is 5.14. The molecule has 0 saturated heterocycles. The quantitative estimate of drug-likeness (QED) is 0.521. The standard InChI is InChI=1S/C10H7Cl2NO4/c1-5(10(14)15)4-6-7(11)2-3-8(9(6)12)13(16)17/h2-4H,1H3,(H,14,15). The van der Waals surface area contributed by atoms with Gasteiger partial charge in [-0.15, -0.1) is 0 Å². The molecule has 0 aromatic heterocycles. The fourth-order valence-electron chi connectivity index (χ4n) is 1.11. The van der Waals surface area contributed by atoms with Gasteiger partial charge in [-0.3, -0.25) is 10.1 Å². The van der Waals surface area contributed by atoms with Gasteiger partial charge < -0.3 is 5.11 Å². The van der Waals surface area contributed by atoms with Crippen LogP contribution in [0.4, 0.5) is 5.69 Å². The minimum Gasteiger partial charge on any atom is -0.478 e. The smallest absolute Gasteiger partial charge is 0.331 e. The van der Waals surface area contributed by atoms with Crippen molar-refractivity contribution in [3.05, 3.63) is 43.4 Å². The van der Waals surface area contributed by atoms with Crippen molar-refractivity contribution in [3.8, 4) is 0 Å². The van der Waals surface area contributed by atoms with E-state index in [4.69, 9.17) is 28.3 Å². The molecule has 0 bridgehead atoms. The average molecular weight is 276 g/mol. The maximum absolute atomic E-state index is 10.7. The molecule has 1 aromatic rings. The van der Waals surface area contributed by atoms with Crippen molar-refractivity contribution in [3.63, 3.8) is 0 Å². The van der Waals surface area contributed by atoms with Crippen LogP contribution >= 0.6 is 23.2 Å². The normalized spacial score (nSPS) is 11.4. The number of carboxylic acids is 1. The van der Waals surface area contributed by atoms with Gasteiger partial charge in [0.05, 0.1) is 4.92 Å². The van der Waals surface area contributed by atoms with Crippen molar-refractivity contribution in [2.45, 2.75) is 6.92 Å². The van der Waals surface area contributed by atoms with Crippen molar-refractivity contribution < 1.29 is 14.8 Å². The number of hydrogen-bond donors (Lipinski definition) is 1. The highest BCUT2D eigenvalue weighted by Gasteiger charge is 2.18. The molecule has 7 heteroatoms. The van der Waals surface area contributed by atoms with Crippen LogP contribution in [0.3, 0.4) is 0 Å². The van der Waals surface area contributed by atoms with Crippen molar-refractivity contribution >= 4 is 40.9 Å². The molecule has 1 rings (SSSR count). The number of carboxylic acid groups (broad SMARTS) is 1. The van der Waals surface area contributed by atoms with E-state index in [1.54, 1.807) is 0 Å². The molecule has 0 spiro atoms. The minimum atomic E-state index is -1.15. The van der Waals surface area contributed by atoms with E-state index in [0.717, 1.165) is 6.07 Å². The van der Waals surface area contributed by atoms with E-state index in [-0.39, 0.29) is 26.9 Å². The van der Waals surface area contributed by atoms with Crippen molar-refractivity contribution in [1.29, 1.82) is 0 Å². The van der Waals surface area contributed by atoms with Crippen molar-refractivity contribution in [1.82, 2.24) is 0 Å². The molecule has 0 aliphatic rings. The van der Waals surface area contributed by atoms with Crippen LogP contribution in [0.15, 0.2) is 17.7 Å². The zero-order chi connectivity index (χ0) is 13.2. The molecule has 0 unspecified atom stereocenters. The van der Waals surface area contributed by atoms with Gasteiger partial charge >= 0.3 is 5.97 Å². The molecule has 0 amide bonds. The molecular weight excluding hydrogens is 269 g/mol. The summed E-state index contributed by atoms with van der Waals surface area (Å²) in [5, 5.41) is 19.3. The zero-order valence-electron chi connectivity index (χ0n) is 8.61. The monoisotopic (exact) mass is 275 g/mol. The molecule has 0 saturated carbocycles. The Hall–Kier alpha value is -1.59. The number of benzene rings is 1. The molecule has 0 radical (unpaired) electrons. The second kappa shape index (κ2) is 5.16. The summed E-state index contributed by atoms with van der Waals surface area (Å²) in [4.78, 5) is 20.6. The van der Waals surface area contributed by atoms with Gasteiger partial charge in [-0.2, -0.15) is 0 Å². The van der Waals surface area contributed by atoms with E-state index >= 15 is 0 Å². The van der Waals surface area contributed by atoms with Gasteiger partial charge in [0.1, 0.15) is 5.02 Å². The maximum atomic E-state index is 10.7. The predicted molar refractivity (Wildman–Crippen MR) is 64.4 cm³/mol. The number of hydrogen-bond acceptors (Lipinski definition) is 3. The van der Waals surface area contributed by atoms with Crippen LogP contribution in [0.25, 0.3) is 6.08 Å². The summed E-state index contributed by atoms with van der Waals surface area (Å²) < 4.78 is 0. The molecular formula is C10H7Cl2NO4. The lowest BCUT2D eigenvalue weighted by Gasteiger charge is -2.03. The van der Waals surface area contributed by atoms with E-state index < -0.39 is 10.9 Å². The van der Waals surface area contributed by atoms with E-state index in [9.17, 15) is 14.9 Å². The lowest BCUT2D eigenvalue weighted by atomic mass is 10.1. The van der Waals surface area contributed by atoms with Crippen LogP contribution in [0, 0.1) is 10.1 Å². The van der Waals surface area contributed by atoms with Crippen LogP contribution in [-0.4, -0.2) is 16.0 Å². The Morgan fingerprint density at radius 2 is 2.06 bits per heavy atom. The summed E-state index contributed by atoms with van der Waals surface area (Å²) in [5.74, 6) is -1.15. The van der Waals surface area contributed by atoms with Crippen LogP contribution in [0.1, 0.15) is 12.5 Å². The second-order valence-corrected chi connectivity index (χ2v) is 3.97. The first-order valence-electron chi connectivity index (χ1n) is 4.38. The number of carbonyl (C=O) groups is 1. The fourth-order valence-corrected chi connectivity index (χ4v) is 1.66. The lowest BCUT2D eigenvalue weighted by Crippen LogP contribution is -1.97. The van der Waals surface area contributed by atoms with E-state index in [1.807, 2.05) is 0 Å². The van der Waals surface area contributed by atoms with Crippen LogP contribution in [0.2, 0.25) is 10.0 Å². The Labute approximate surface area is 106 Å². The van der Waals surface area contributed by atoms with E-state index in [0.29, 0.717) is 0 Å². The number of rotatable bonds is 3. The number of nitro benzene ring substituents is 1. The van der Waals surface area contributed by atoms with Gasteiger partial charge in [-0.05, 0) is 19.1 Å². The van der Waals surface area contributed by atoms with Gasteiger partial charge in [0, 0.05) is 22.2 Å². The summed E-state index contributed by atoms with van der Waals surface area (Å²) in [6, 6.07) is 2.46. The van der Waals surface area contributed by atoms with Crippen LogP contribution in [0.5, 0.6) is 0 Å². The number of halogens is 2. The van der Waals surface area contributed by atoms with E-state index in [1.165, 1.54) is 19.1 Å².